The Morgan fingerprint density at radius 2 is 1.44 bits per heavy atom. The summed E-state index contributed by atoms with van der Waals surface area (Å²) in [6.45, 7) is 7.35. The number of aromatic nitrogens is 4. The van der Waals surface area contributed by atoms with Crippen LogP contribution >= 0.6 is 0 Å². The van der Waals surface area contributed by atoms with Crippen molar-refractivity contribution in [3.63, 3.8) is 0 Å². The highest BCUT2D eigenvalue weighted by molar-refractivity contribution is 6.99. The summed E-state index contributed by atoms with van der Waals surface area (Å²) in [4.78, 5) is 23.4. The van der Waals surface area contributed by atoms with Crippen LogP contribution in [0.1, 0.15) is 68.8 Å². The van der Waals surface area contributed by atoms with E-state index in [-0.39, 0.29) is 75.2 Å². The molecule has 0 spiro atoms. The lowest BCUT2D eigenvalue weighted by molar-refractivity contribution is -0.137. The fourth-order valence-corrected chi connectivity index (χ4v) is 16.5. The molecule has 3 atom stereocenters. The van der Waals surface area contributed by atoms with E-state index in [4.69, 9.17) is 28.4 Å². The lowest BCUT2D eigenvalue weighted by Crippen LogP contribution is -2.66. The average Bonchev–Trinajstić information content (AvgIpc) is 3.94. The van der Waals surface area contributed by atoms with Gasteiger partial charge in [-0.05, 0) is 89.6 Å². The van der Waals surface area contributed by atoms with E-state index in [0.29, 0.717) is 24.5 Å². The Kier molecular flexibility index (Phi) is 16.1. The van der Waals surface area contributed by atoms with Gasteiger partial charge >= 0.3 is 12.2 Å². The van der Waals surface area contributed by atoms with Gasteiger partial charge in [-0.2, -0.15) is 23.1 Å². The van der Waals surface area contributed by atoms with Crippen LogP contribution in [0.4, 0.5) is 42.4 Å². The topological polar surface area (TPSA) is 107 Å². The van der Waals surface area contributed by atoms with Crippen LogP contribution in [0.25, 0.3) is 22.2 Å². The smallest absolute Gasteiger partial charge is 0.418 e. The fourth-order valence-electron chi connectivity index (χ4n) is 12.0. The molecule has 0 unspecified atom stereocenters. The molecular weight excluding hydrogens is 1060 g/mol. The van der Waals surface area contributed by atoms with E-state index in [2.05, 4.69) is 35.7 Å². The van der Waals surface area contributed by atoms with Crippen LogP contribution in [0.5, 0.6) is 23.4 Å². The highest BCUT2D eigenvalue weighted by atomic mass is 28.4. The fraction of sp³-hybridized carbons (Fsp3) is 0.400. The van der Waals surface area contributed by atoms with Crippen LogP contribution in [0.15, 0.2) is 115 Å². The molecule has 12 nitrogen and oxygen atoms in total. The second-order valence-corrected chi connectivity index (χ2v) is 26.1. The van der Waals surface area contributed by atoms with Gasteiger partial charge in [-0.3, -0.25) is 4.90 Å². The number of methoxy groups -OCH3 is 2. The van der Waals surface area contributed by atoms with Crippen molar-refractivity contribution in [2.24, 2.45) is 0 Å². The van der Waals surface area contributed by atoms with Gasteiger partial charge < -0.3 is 33.2 Å². The van der Waals surface area contributed by atoms with Crippen molar-refractivity contribution in [3.05, 3.63) is 143 Å². The molecule has 20 heteroatoms. The lowest BCUT2D eigenvalue weighted by Gasteiger charge is -2.43. The van der Waals surface area contributed by atoms with E-state index < -0.39 is 90.1 Å². The van der Waals surface area contributed by atoms with Crippen LogP contribution in [0, 0.1) is 12.7 Å². The number of nitrogens with zero attached hydrogens (tertiary/aromatic N) is 7. The number of rotatable bonds is 19. The Morgan fingerprint density at radius 3 is 2.00 bits per heavy atom. The van der Waals surface area contributed by atoms with Gasteiger partial charge in [0.05, 0.1) is 43.6 Å². The van der Waals surface area contributed by atoms with Gasteiger partial charge in [-0.1, -0.05) is 106 Å². The van der Waals surface area contributed by atoms with Gasteiger partial charge in [0, 0.05) is 38.2 Å². The Bertz CT molecular complexity index is 3200. The van der Waals surface area contributed by atoms with Gasteiger partial charge in [0.2, 0.25) is 5.88 Å². The summed E-state index contributed by atoms with van der Waals surface area (Å²) in [6, 6.07) is 33.9. The van der Waals surface area contributed by atoms with Crippen LogP contribution in [-0.4, -0.2) is 111 Å². The van der Waals surface area contributed by atoms with Crippen LogP contribution in [-0.2, 0) is 23.7 Å². The SMILES string of the molecule is COc1ccc(CN(Cc2ccc(OC)cc2)c2cc(-c3nc4c5c(nc(OC[C@@]67CCCN6C[C@H](F)C7)nc5c3F)N(CC(F)F)[C@@H](CCO[Si](c3ccccc3)(c3ccccc3)C(C)(C)C)CO4)c(C(F)(F)F)c(C)n2)cc1. The molecule has 0 amide bonds. The first-order chi connectivity index (χ1) is 38.3. The molecule has 3 aliphatic rings. The van der Waals surface area contributed by atoms with Crippen molar-refractivity contribution < 1.29 is 54.1 Å². The molecule has 4 aromatic carbocycles. The van der Waals surface area contributed by atoms with Crippen molar-refractivity contribution in [2.75, 3.05) is 63.5 Å². The van der Waals surface area contributed by atoms with Crippen LogP contribution in [0.3, 0.4) is 0 Å². The summed E-state index contributed by atoms with van der Waals surface area (Å²) < 4.78 is 141. The van der Waals surface area contributed by atoms with Gasteiger partial charge in [-0.25, -0.2) is 27.5 Å². The van der Waals surface area contributed by atoms with Gasteiger partial charge in [-0.15, -0.1) is 0 Å². The number of benzene rings is 4. The number of pyridine rings is 2. The number of halogens is 7. The Morgan fingerprint density at radius 1 is 0.825 bits per heavy atom. The summed E-state index contributed by atoms with van der Waals surface area (Å²) in [5, 5.41) is 1.33. The molecule has 0 bridgehead atoms. The average molecular weight is 1120 g/mol. The third kappa shape index (κ3) is 11.2. The third-order valence-corrected chi connectivity index (χ3v) is 20.7. The second-order valence-electron chi connectivity index (χ2n) is 21.8. The minimum absolute atomic E-state index is 0.0440. The molecule has 2 saturated heterocycles. The summed E-state index contributed by atoms with van der Waals surface area (Å²) in [5.74, 6) is -0.640. The van der Waals surface area contributed by atoms with E-state index in [0.717, 1.165) is 34.0 Å². The number of anilines is 2. The predicted molar refractivity (Wildman–Crippen MR) is 296 cm³/mol. The number of hydrogen-bond donors (Lipinski definition) is 0. The summed E-state index contributed by atoms with van der Waals surface area (Å²) >= 11 is 0. The Hall–Kier alpha value is -7.03. The third-order valence-electron chi connectivity index (χ3n) is 15.7. The lowest BCUT2D eigenvalue weighted by atomic mass is 9.95. The quantitative estimate of drug-likeness (QED) is 0.0568. The van der Waals surface area contributed by atoms with E-state index in [1.54, 1.807) is 29.2 Å². The molecule has 0 radical (unpaired) electrons. The van der Waals surface area contributed by atoms with Crippen molar-refractivity contribution in [3.8, 4) is 34.6 Å². The summed E-state index contributed by atoms with van der Waals surface area (Å²) in [6.07, 6.45) is -7.55. The number of alkyl halides is 6. The predicted octanol–water partition coefficient (Wildman–Crippen LogP) is 11.5. The molecule has 0 N–H and O–H groups in total. The monoisotopic (exact) mass is 1120 g/mol. The minimum atomic E-state index is -5.09. The largest absolute Gasteiger partial charge is 0.497 e. The van der Waals surface area contributed by atoms with E-state index in [1.807, 2.05) is 89.8 Å². The maximum atomic E-state index is 18.2. The molecule has 6 heterocycles. The second kappa shape index (κ2) is 22.8. The first-order valence-electron chi connectivity index (χ1n) is 26.8. The molecule has 2 fully saturated rings. The zero-order valence-corrected chi connectivity index (χ0v) is 46.5. The summed E-state index contributed by atoms with van der Waals surface area (Å²) in [7, 11) is -0.0882. The zero-order valence-electron chi connectivity index (χ0n) is 45.5. The molecule has 80 heavy (non-hydrogen) atoms. The van der Waals surface area contributed by atoms with Crippen LogP contribution < -0.4 is 39.1 Å². The molecular formula is C60H64F7N7O5Si. The van der Waals surface area contributed by atoms with Crippen LogP contribution in [0.2, 0.25) is 5.04 Å². The Balaban J connectivity index is 1.11. The van der Waals surface area contributed by atoms with Crippen molar-refractivity contribution in [1.29, 1.82) is 0 Å². The highest BCUT2D eigenvalue weighted by Crippen LogP contribution is 2.47. The van der Waals surface area contributed by atoms with Crippen molar-refractivity contribution in [1.82, 2.24) is 24.8 Å². The number of aryl methyl sites for hydroxylation is 1. The molecule has 10 rings (SSSR count). The van der Waals surface area contributed by atoms with Crippen molar-refractivity contribution in [2.45, 2.75) is 102 Å². The highest BCUT2D eigenvalue weighted by Gasteiger charge is 2.51. The normalized spacial score (nSPS) is 18.6. The molecule has 7 aromatic rings. The van der Waals surface area contributed by atoms with Crippen molar-refractivity contribution >= 4 is 41.2 Å². The summed E-state index contributed by atoms with van der Waals surface area (Å²) in [5.41, 5.74) is -2.94. The van der Waals surface area contributed by atoms with E-state index in [9.17, 15) is 0 Å². The standard InChI is InChI=1S/C60H64F7N7O5Si/c1-38-51(60(65,66)67)47(30-49(68-38)72(32-39-18-22-43(75-5)23-19-39)33-40-20-24-44(76-6)25-21-40)53-52(64)54-50-55(71-57(70-54)78-37-59-27-13-28-73(59)34-41(61)31-59)74(35-48(62)63)42(36-77-56(50)69-53)26-29-79-80(58(2,3)4,45-14-9-7-10-15-45)46-16-11-8-12-17-46/h7-12,14-25,30,41-42,48H,13,26-29,31-37H2,1-6H3/t41-,42+,59+/m1/s1. The van der Waals surface area contributed by atoms with E-state index in [1.165, 1.54) is 26.0 Å². The molecule has 3 aliphatic heterocycles. The first kappa shape index (κ1) is 56.2. The first-order valence-corrected chi connectivity index (χ1v) is 28.7. The van der Waals surface area contributed by atoms with Gasteiger partial charge in [0.25, 0.3) is 14.7 Å². The Labute approximate surface area is 462 Å². The van der Waals surface area contributed by atoms with E-state index >= 15 is 30.7 Å². The maximum absolute atomic E-state index is 18.2. The van der Waals surface area contributed by atoms with Gasteiger partial charge in [0.15, 0.2) is 5.82 Å². The molecule has 3 aromatic heterocycles. The molecule has 422 valence electrons. The molecule has 0 aliphatic carbocycles. The zero-order chi connectivity index (χ0) is 56.6. The maximum Gasteiger partial charge on any atom is 0.418 e. The number of hydrogen-bond acceptors (Lipinski definition) is 12. The minimum Gasteiger partial charge on any atom is -0.497 e. The number of ether oxygens (including phenoxy) is 4. The number of fused-ring (bicyclic) bond motifs is 1. The molecule has 0 saturated carbocycles. The van der Waals surface area contributed by atoms with Gasteiger partial charge in [0.1, 0.15) is 59.1 Å².